The van der Waals surface area contributed by atoms with Crippen molar-refractivity contribution in [3.63, 3.8) is 0 Å². The summed E-state index contributed by atoms with van der Waals surface area (Å²) < 4.78 is 0. The van der Waals surface area contributed by atoms with Gasteiger partial charge in [-0.25, -0.2) is 4.98 Å². The number of nitrogens with zero attached hydrogens (tertiary/aromatic N) is 1. The molecular weight excluding hydrogens is 230 g/mol. The lowest BCUT2D eigenvalue weighted by atomic mass is 10.0. The van der Waals surface area contributed by atoms with Crippen LogP contribution >= 0.6 is 11.3 Å². The lowest BCUT2D eigenvalue weighted by Crippen LogP contribution is -2.39. The molecule has 0 radical (unpaired) electrons. The molecular formula is C13H21N3S. The van der Waals surface area contributed by atoms with Crippen LogP contribution in [0.25, 0.3) is 0 Å². The van der Waals surface area contributed by atoms with Crippen molar-refractivity contribution in [3.8, 4) is 0 Å². The fourth-order valence-corrected chi connectivity index (χ4v) is 4.47. The van der Waals surface area contributed by atoms with Crippen LogP contribution in [0.15, 0.2) is 5.38 Å². The molecule has 3 unspecified atom stereocenters. The second-order valence-electron chi connectivity index (χ2n) is 5.55. The van der Waals surface area contributed by atoms with E-state index >= 15 is 0 Å². The minimum absolute atomic E-state index is 0.439. The van der Waals surface area contributed by atoms with E-state index < -0.39 is 0 Å². The van der Waals surface area contributed by atoms with E-state index in [1.807, 2.05) is 0 Å². The number of aromatic nitrogens is 1. The zero-order chi connectivity index (χ0) is 11.8. The second kappa shape index (κ2) is 4.67. The van der Waals surface area contributed by atoms with Crippen molar-refractivity contribution in [2.75, 3.05) is 0 Å². The average Bonchev–Trinajstić information content (AvgIpc) is 2.93. The van der Waals surface area contributed by atoms with Crippen LogP contribution in [0.5, 0.6) is 0 Å². The molecule has 3 rings (SSSR count). The van der Waals surface area contributed by atoms with Gasteiger partial charge in [0.1, 0.15) is 0 Å². The Morgan fingerprint density at radius 3 is 2.71 bits per heavy atom. The predicted octanol–water partition coefficient (Wildman–Crippen LogP) is 2.26. The summed E-state index contributed by atoms with van der Waals surface area (Å²) in [5, 5.41) is 3.36. The molecule has 3 atom stereocenters. The highest BCUT2D eigenvalue weighted by Crippen LogP contribution is 2.57. The van der Waals surface area contributed by atoms with Crippen molar-refractivity contribution < 1.29 is 0 Å². The maximum atomic E-state index is 5.75. The van der Waals surface area contributed by atoms with Gasteiger partial charge in [-0.3, -0.25) is 11.3 Å². The molecule has 0 aromatic carbocycles. The highest BCUT2D eigenvalue weighted by molar-refractivity contribution is 7.09. The maximum Gasteiger partial charge on any atom is 0.0944 e. The Morgan fingerprint density at radius 1 is 1.47 bits per heavy atom. The lowest BCUT2D eigenvalue weighted by Gasteiger charge is -2.14. The van der Waals surface area contributed by atoms with Gasteiger partial charge in [-0.1, -0.05) is 12.8 Å². The summed E-state index contributed by atoms with van der Waals surface area (Å²) in [7, 11) is 0. The van der Waals surface area contributed by atoms with Crippen molar-refractivity contribution in [3.05, 3.63) is 16.1 Å². The first-order chi connectivity index (χ1) is 8.29. The Bertz CT molecular complexity index is 378. The van der Waals surface area contributed by atoms with Crippen LogP contribution in [0, 0.1) is 24.7 Å². The van der Waals surface area contributed by atoms with E-state index in [4.69, 9.17) is 5.84 Å². The minimum Gasteiger partial charge on any atom is -0.271 e. The SMILES string of the molecule is Cc1csc(CC(NN)C2C3CCCCC32)n1. The number of aryl methyl sites for hydroxylation is 1. The zero-order valence-corrected chi connectivity index (χ0v) is 11.2. The molecule has 0 bridgehead atoms. The quantitative estimate of drug-likeness (QED) is 0.637. The standard InChI is InChI=1S/C13H21N3S/c1-8-7-17-12(15-8)6-11(16-14)13-9-4-2-3-5-10(9)13/h7,9-11,13,16H,2-6,14H2,1H3. The van der Waals surface area contributed by atoms with Crippen LogP contribution in [-0.2, 0) is 6.42 Å². The van der Waals surface area contributed by atoms with E-state index in [1.165, 1.54) is 30.7 Å². The molecule has 1 aromatic heterocycles. The number of hydrogen-bond donors (Lipinski definition) is 2. The summed E-state index contributed by atoms with van der Waals surface area (Å²) in [5.74, 6) is 8.46. The topological polar surface area (TPSA) is 50.9 Å². The van der Waals surface area contributed by atoms with Crippen LogP contribution in [-0.4, -0.2) is 11.0 Å². The Hall–Kier alpha value is -0.450. The third-order valence-electron chi connectivity index (χ3n) is 4.46. The van der Waals surface area contributed by atoms with Gasteiger partial charge in [0.2, 0.25) is 0 Å². The van der Waals surface area contributed by atoms with Crippen LogP contribution in [0.4, 0.5) is 0 Å². The fraction of sp³-hybridized carbons (Fsp3) is 0.769. The van der Waals surface area contributed by atoms with Crippen LogP contribution in [0.3, 0.4) is 0 Å². The molecule has 2 saturated carbocycles. The van der Waals surface area contributed by atoms with Crippen LogP contribution in [0.1, 0.15) is 36.4 Å². The van der Waals surface area contributed by atoms with Crippen molar-refractivity contribution in [1.82, 2.24) is 10.4 Å². The number of hydrogen-bond acceptors (Lipinski definition) is 4. The first kappa shape index (κ1) is 11.6. The van der Waals surface area contributed by atoms with Gasteiger partial charge < -0.3 is 0 Å². The largest absolute Gasteiger partial charge is 0.271 e. The predicted molar refractivity (Wildman–Crippen MR) is 70.6 cm³/mol. The molecule has 0 aliphatic heterocycles. The summed E-state index contributed by atoms with van der Waals surface area (Å²) in [6.07, 6.45) is 6.69. The van der Waals surface area contributed by atoms with Gasteiger partial charge in [-0.2, -0.15) is 0 Å². The molecule has 17 heavy (non-hydrogen) atoms. The molecule has 1 aromatic rings. The summed E-state index contributed by atoms with van der Waals surface area (Å²) in [6, 6.07) is 0.439. The number of nitrogens with two attached hydrogens (primary N) is 1. The molecule has 0 spiro atoms. The summed E-state index contributed by atoms with van der Waals surface area (Å²) in [4.78, 5) is 4.55. The van der Waals surface area contributed by atoms with E-state index in [9.17, 15) is 0 Å². The first-order valence-electron chi connectivity index (χ1n) is 6.66. The Morgan fingerprint density at radius 2 is 2.18 bits per heavy atom. The van der Waals surface area contributed by atoms with Gasteiger partial charge in [0.25, 0.3) is 0 Å². The Labute approximate surface area is 107 Å². The molecule has 3 N–H and O–H groups in total. The normalized spacial score (nSPS) is 33.2. The summed E-state index contributed by atoms with van der Waals surface area (Å²) >= 11 is 1.77. The van der Waals surface area contributed by atoms with Gasteiger partial charge in [0, 0.05) is 23.5 Å². The molecule has 2 aliphatic carbocycles. The van der Waals surface area contributed by atoms with E-state index in [2.05, 4.69) is 22.7 Å². The lowest BCUT2D eigenvalue weighted by molar-refractivity contribution is 0.436. The summed E-state index contributed by atoms with van der Waals surface area (Å²) in [6.45, 7) is 2.06. The molecule has 0 saturated heterocycles. The van der Waals surface area contributed by atoms with E-state index in [0.717, 1.165) is 29.9 Å². The second-order valence-corrected chi connectivity index (χ2v) is 6.49. The number of hydrazine groups is 1. The molecule has 0 amide bonds. The monoisotopic (exact) mass is 251 g/mol. The van der Waals surface area contributed by atoms with Crippen molar-refractivity contribution in [1.29, 1.82) is 0 Å². The third-order valence-corrected chi connectivity index (χ3v) is 5.45. The van der Waals surface area contributed by atoms with E-state index in [1.54, 1.807) is 11.3 Å². The van der Waals surface area contributed by atoms with Gasteiger partial charge >= 0.3 is 0 Å². The highest BCUT2D eigenvalue weighted by atomic mass is 32.1. The third kappa shape index (κ3) is 2.26. The smallest absolute Gasteiger partial charge is 0.0944 e. The minimum atomic E-state index is 0.439. The van der Waals surface area contributed by atoms with Crippen molar-refractivity contribution >= 4 is 11.3 Å². The van der Waals surface area contributed by atoms with Crippen LogP contribution < -0.4 is 11.3 Å². The summed E-state index contributed by atoms with van der Waals surface area (Å²) in [5.41, 5.74) is 4.18. The van der Waals surface area contributed by atoms with E-state index in [0.29, 0.717) is 6.04 Å². The van der Waals surface area contributed by atoms with Crippen molar-refractivity contribution in [2.45, 2.75) is 45.1 Å². The maximum absolute atomic E-state index is 5.75. The Kier molecular flexibility index (Phi) is 3.19. The molecule has 94 valence electrons. The highest BCUT2D eigenvalue weighted by Gasteiger charge is 2.53. The number of fused-ring (bicyclic) bond motifs is 1. The van der Waals surface area contributed by atoms with Gasteiger partial charge in [0.05, 0.1) is 5.01 Å². The molecule has 4 heteroatoms. The average molecular weight is 251 g/mol. The van der Waals surface area contributed by atoms with Gasteiger partial charge in [0.15, 0.2) is 0 Å². The zero-order valence-electron chi connectivity index (χ0n) is 10.4. The molecule has 2 aliphatic rings. The van der Waals surface area contributed by atoms with Gasteiger partial charge in [-0.05, 0) is 37.5 Å². The molecule has 2 fully saturated rings. The number of nitrogens with one attached hydrogen (secondary N) is 1. The number of rotatable bonds is 4. The van der Waals surface area contributed by atoms with Crippen LogP contribution in [0.2, 0.25) is 0 Å². The fourth-order valence-electron chi connectivity index (χ4n) is 3.64. The molecule has 3 nitrogen and oxygen atoms in total. The van der Waals surface area contributed by atoms with E-state index in [-0.39, 0.29) is 0 Å². The number of thiazole rings is 1. The molecule has 1 heterocycles. The van der Waals surface area contributed by atoms with Crippen molar-refractivity contribution in [2.24, 2.45) is 23.6 Å². The Balaban J connectivity index is 1.64. The first-order valence-corrected chi connectivity index (χ1v) is 7.54. The van der Waals surface area contributed by atoms with Gasteiger partial charge in [-0.15, -0.1) is 11.3 Å².